The zero-order valence-electron chi connectivity index (χ0n) is 12.2. The van der Waals surface area contributed by atoms with Gasteiger partial charge in [0.25, 0.3) is 0 Å². The molecule has 4 heteroatoms. The molecule has 1 aromatic rings. The molecule has 0 aliphatic heterocycles. The smallest absolute Gasteiger partial charge is 0.226 e. The number of rotatable bonds is 5. The number of aromatic amines is 1. The minimum atomic E-state index is -0.144. The second kappa shape index (κ2) is 5.76. The molecule has 0 aromatic carbocycles. The zero-order chi connectivity index (χ0) is 13.9. The third-order valence-corrected chi connectivity index (χ3v) is 4.12. The molecule has 0 saturated heterocycles. The Balaban J connectivity index is 2.04. The standard InChI is InChI=1S/C15H25N3O/c1-11(2)10-15(6-4-5-7-15)14(19)18-12(3)13-16-8-9-17-13/h8-9,11-12H,4-7,10H2,1-3H3,(H,16,17)(H,18,19). The van der Waals surface area contributed by atoms with Crippen molar-refractivity contribution in [2.75, 3.05) is 0 Å². The summed E-state index contributed by atoms with van der Waals surface area (Å²) < 4.78 is 0. The second-order valence-corrected chi connectivity index (χ2v) is 6.25. The van der Waals surface area contributed by atoms with E-state index in [1.165, 1.54) is 12.8 Å². The molecule has 1 aliphatic rings. The highest BCUT2D eigenvalue weighted by Gasteiger charge is 2.41. The molecule has 4 nitrogen and oxygen atoms in total. The average Bonchev–Trinajstić information content (AvgIpc) is 2.98. The van der Waals surface area contributed by atoms with E-state index in [2.05, 4.69) is 29.1 Å². The molecule has 1 aromatic heterocycles. The number of carbonyl (C=O) groups excluding carboxylic acids is 1. The highest BCUT2D eigenvalue weighted by atomic mass is 16.2. The molecule has 1 atom stereocenters. The summed E-state index contributed by atoms with van der Waals surface area (Å²) in [6.07, 6.45) is 8.91. The Morgan fingerprint density at radius 1 is 1.42 bits per heavy atom. The fraction of sp³-hybridized carbons (Fsp3) is 0.733. The number of amides is 1. The first-order valence-corrected chi connectivity index (χ1v) is 7.34. The van der Waals surface area contributed by atoms with E-state index < -0.39 is 0 Å². The molecule has 19 heavy (non-hydrogen) atoms. The maximum absolute atomic E-state index is 12.7. The monoisotopic (exact) mass is 263 g/mol. The topological polar surface area (TPSA) is 57.8 Å². The molecule has 1 aliphatic carbocycles. The first-order chi connectivity index (χ1) is 9.03. The highest BCUT2D eigenvalue weighted by molar-refractivity contribution is 5.83. The van der Waals surface area contributed by atoms with E-state index >= 15 is 0 Å². The number of aromatic nitrogens is 2. The van der Waals surface area contributed by atoms with Crippen LogP contribution < -0.4 is 5.32 Å². The number of hydrogen-bond donors (Lipinski definition) is 2. The van der Waals surface area contributed by atoms with Gasteiger partial charge in [-0.15, -0.1) is 0 Å². The quantitative estimate of drug-likeness (QED) is 0.857. The minimum Gasteiger partial charge on any atom is -0.347 e. The predicted molar refractivity (Wildman–Crippen MR) is 75.5 cm³/mol. The molecule has 2 rings (SSSR count). The fourth-order valence-corrected chi connectivity index (χ4v) is 3.29. The van der Waals surface area contributed by atoms with Crippen LogP contribution in [0, 0.1) is 11.3 Å². The van der Waals surface area contributed by atoms with E-state index in [9.17, 15) is 4.79 Å². The maximum Gasteiger partial charge on any atom is 0.226 e. The lowest BCUT2D eigenvalue weighted by molar-refractivity contribution is -0.132. The zero-order valence-corrected chi connectivity index (χ0v) is 12.2. The van der Waals surface area contributed by atoms with Crippen LogP contribution in [0.4, 0.5) is 0 Å². The third kappa shape index (κ3) is 3.17. The fourth-order valence-electron chi connectivity index (χ4n) is 3.29. The molecule has 0 bridgehead atoms. The van der Waals surface area contributed by atoms with Crippen LogP contribution >= 0.6 is 0 Å². The van der Waals surface area contributed by atoms with E-state index in [0.717, 1.165) is 25.1 Å². The van der Waals surface area contributed by atoms with Crippen molar-refractivity contribution < 1.29 is 4.79 Å². The summed E-state index contributed by atoms with van der Waals surface area (Å²) in [6.45, 7) is 6.38. The van der Waals surface area contributed by atoms with Gasteiger partial charge in [0.05, 0.1) is 6.04 Å². The molecule has 1 amide bonds. The van der Waals surface area contributed by atoms with Crippen molar-refractivity contribution >= 4 is 5.91 Å². The van der Waals surface area contributed by atoms with E-state index in [1.807, 2.05) is 6.92 Å². The Morgan fingerprint density at radius 2 is 2.11 bits per heavy atom. The summed E-state index contributed by atoms with van der Waals surface area (Å²) in [5.74, 6) is 1.59. The summed E-state index contributed by atoms with van der Waals surface area (Å²) >= 11 is 0. The van der Waals surface area contributed by atoms with Crippen LogP contribution in [0.15, 0.2) is 12.4 Å². The van der Waals surface area contributed by atoms with Crippen molar-refractivity contribution in [3.63, 3.8) is 0 Å². The largest absolute Gasteiger partial charge is 0.347 e. The van der Waals surface area contributed by atoms with E-state index in [4.69, 9.17) is 0 Å². The number of carbonyl (C=O) groups is 1. The van der Waals surface area contributed by atoms with Gasteiger partial charge in [0.15, 0.2) is 0 Å². The SMILES string of the molecule is CC(C)CC1(C(=O)NC(C)c2ncc[nH]2)CCCC1. The summed E-state index contributed by atoms with van der Waals surface area (Å²) in [5.41, 5.74) is -0.144. The number of hydrogen-bond acceptors (Lipinski definition) is 2. The minimum absolute atomic E-state index is 0.0489. The molecule has 2 N–H and O–H groups in total. The van der Waals surface area contributed by atoms with Crippen LogP contribution in [0.3, 0.4) is 0 Å². The van der Waals surface area contributed by atoms with Crippen LogP contribution in [0.25, 0.3) is 0 Å². The van der Waals surface area contributed by atoms with Crippen molar-refractivity contribution in [3.05, 3.63) is 18.2 Å². The molecule has 1 fully saturated rings. The maximum atomic E-state index is 12.7. The molecule has 1 saturated carbocycles. The summed E-state index contributed by atoms with van der Waals surface area (Å²) in [7, 11) is 0. The Bertz CT molecular complexity index is 405. The van der Waals surface area contributed by atoms with Crippen LogP contribution in [0.1, 0.15) is 64.7 Å². The molecule has 106 valence electrons. The summed E-state index contributed by atoms with van der Waals surface area (Å²) in [6, 6.07) is -0.0489. The molecule has 0 radical (unpaired) electrons. The number of nitrogens with one attached hydrogen (secondary N) is 2. The number of nitrogens with zero attached hydrogens (tertiary/aromatic N) is 1. The second-order valence-electron chi connectivity index (χ2n) is 6.25. The Morgan fingerprint density at radius 3 is 2.63 bits per heavy atom. The highest BCUT2D eigenvalue weighted by Crippen LogP contribution is 2.43. The Labute approximate surface area is 115 Å². The van der Waals surface area contributed by atoms with Gasteiger partial charge in [-0.3, -0.25) is 4.79 Å². The van der Waals surface area contributed by atoms with E-state index in [0.29, 0.717) is 5.92 Å². The lowest BCUT2D eigenvalue weighted by Crippen LogP contribution is -2.41. The molecular weight excluding hydrogens is 238 g/mol. The Hall–Kier alpha value is -1.32. The van der Waals surface area contributed by atoms with Crippen molar-refractivity contribution in [3.8, 4) is 0 Å². The lowest BCUT2D eigenvalue weighted by Gasteiger charge is -2.30. The van der Waals surface area contributed by atoms with Crippen LogP contribution in [-0.4, -0.2) is 15.9 Å². The van der Waals surface area contributed by atoms with Gasteiger partial charge in [-0.05, 0) is 32.1 Å². The predicted octanol–water partition coefficient (Wildman–Crippen LogP) is 3.19. The van der Waals surface area contributed by atoms with Gasteiger partial charge < -0.3 is 10.3 Å². The van der Waals surface area contributed by atoms with Crippen molar-refractivity contribution in [2.24, 2.45) is 11.3 Å². The summed E-state index contributed by atoms with van der Waals surface area (Å²) in [4.78, 5) is 19.9. The molecule has 1 unspecified atom stereocenters. The van der Waals surface area contributed by atoms with Crippen LogP contribution in [-0.2, 0) is 4.79 Å². The summed E-state index contributed by atoms with van der Waals surface area (Å²) in [5, 5.41) is 3.14. The first kappa shape index (κ1) is 14.1. The van der Waals surface area contributed by atoms with Crippen molar-refractivity contribution in [2.45, 2.75) is 58.9 Å². The molecule has 1 heterocycles. The lowest BCUT2D eigenvalue weighted by atomic mass is 9.77. The Kier molecular flexibility index (Phi) is 4.27. The molecular formula is C15H25N3O. The van der Waals surface area contributed by atoms with Crippen LogP contribution in [0.2, 0.25) is 0 Å². The van der Waals surface area contributed by atoms with Gasteiger partial charge in [-0.1, -0.05) is 26.7 Å². The van der Waals surface area contributed by atoms with Crippen LogP contribution in [0.5, 0.6) is 0 Å². The third-order valence-electron chi connectivity index (χ3n) is 4.12. The van der Waals surface area contributed by atoms with Crippen molar-refractivity contribution in [1.29, 1.82) is 0 Å². The van der Waals surface area contributed by atoms with Gasteiger partial charge in [0.1, 0.15) is 5.82 Å². The average molecular weight is 263 g/mol. The van der Waals surface area contributed by atoms with Gasteiger partial charge in [0.2, 0.25) is 5.91 Å². The van der Waals surface area contributed by atoms with Gasteiger partial charge in [0, 0.05) is 17.8 Å². The van der Waals surface area contributed by atoms with E-state index in [-0.39, 0.29) is 17.4 Å². The van der Waals surface area contributed by atoms with Gasteiger partial charge in [-0.2, -0.15) is 0 Å². The van der Waals surface area contributed by atoms with E-state index in [1.54, 1.807) is 12.4 Å². The van der Waals surface area contributed by atoms with Crippen molar-refractivity contribution in [1.82, 2.24) is 15.3 Å². The molecule has 0 spiro atoms. The van der Waals surface area contributed by atoms with Gasteiger partial charge in [-0.25, -0.2) is 4.98 Å². The first-order valence-electron chi connectivity index (χ1n) is 7.34. The number of H-pyrrole nitrogens is 1. The van der Waals surface area contributed by atoms with Gasteiger partial charge >= 0.3 is 0 Å². The normalized spacial score (nSPS) is 19.6. The number of imidazole rings is 1.